The van der Waals surface area contributed by atoms with Crippen LogP contribution in [0.15, 0.2) is 29.2 Å². The van der Waals surface area contributed by atoms with Crippen molar-refractivity contribution < 1.29 is 19.1 Å². The van der Waals surface area contributed by atoms with E-state index in [0.29, 0.717) is 41.4 Å². The second-order valence-electron chi connectivity index (χ2n) is 5.92. The lowest BCUT2D eigenvalue weighted by Crippen LogP contribution is -2.33. The zero-order valence-electron chi connectivity index (χ0n) is 15.7. The van der Waals surface area contributed by atoms with Gasteiger partial charge in [-0.2, -0.15) is 0 Å². The maximum atomic E-state index is 13.0. The van der Waals surface area contributed by atoms with Crippen LogP contribution >= 0.6 is 11.8 Å². The smallest absolute Gasteiger partial charge is 0.267 e. The predicted molar refractivity (Wildman–Crippen MR) is 105 cm³/mol. The van der Waals surface area contributed by atoms with E-state index in [9.17, 15) is 9.59 Å². The molecule has 2 rings (SSSR count). The zero-order chi connectivity index (χ0) is 18.9. The van der Waals surface area contributed by atoms with Crippen molar-refractivity contribution in [1.82, 2.24) is 4.90 Å². The number of unbranched alkanes of at least 4 members (excludes halogenated alkanes) is 1. The molecule has 26 heavy (non-hydrogen) atoms. The van der Waals surface area contributed by atoms with Gasteiger partial charge in [0.2, 0.25) is 0 Å². The van der Waals surface area contributed by atoms with Crippen LogP contribution in [0.5, 0.6) is 5.75 Å². The monoisotopic (exact) mass is 377 g/mol. The van der Waals surface area contributed by atoms with Gasteiger partial charge in [0.25, 0.3) is 11.8 Å². The first-order valence-electron chi connectivity index (χ1n) is 9.10. The predicted octanol–water partition coefficient (Wildman–Crippen LogP) is 3.74. The van der Waals surface area contributed by atoms with Crippen LogP contribution in [-0.2, 0) is 14.3 Å². The number of hydrogen-bond donors (Lipinski definition) is 0. The molecule has 1 aliphatic rings. The van der Waals surface area contributed by atoms with Crippen LogP contribution in [0, 0.1) is 0 Å². The molecule has 1 aliphatic heterocycles. The molecule has 0 saturated carbocycles. The lowest BCUT2D eigenvalue weighted by atomic mass is 10.1. The number of imide groups is 1. The molecular formula is C20H27NO4S. The van der Waals surface area contributed by atoms with E-state index in [4.69, 9.17) is 9.47 Å². The molecule has 0 spiro atoms. The third-order valence-corrected chi connectivity index (χ3v) is 5.06. The minimum Gasteiger partial charge on any atom is -0.496 e. The average molecular weight is 378 g/mol. The topological polar surface area (TPSA) is 55.8 Å². The Hall–Kier alpha value is -1.79. The molecule has 6 heteroatoms. The molecule has 0 atom stereocenters. The molecule has 0 aromatic heterocycles. The van der Waals surface area contributed by atoms with Gasteiger partial charge in [-0.05, 0) is 24.7 Å². The first-order chi connectivity index (χ1) is 12.7. The Morgan fingerprint density at radius 2 is 1.77 bits per heavy atom. The first kappa shape index (κ1) is 20.5. The molecule has 1 aromatic carbocycles. The van der Waals surface area contributed by atoms with E-state index in [2.05, 4.69) is 6.92 Å². The molecule has 0 saturated heterocycles. The van der Waals surface area contributed by atoms with Crippen molar-refractivity contribution in [2.24, 2.45) is 0 Å². The van der Waals surface area contributed by atoms with Crippen LogP contribution in [0.4, 0.5) is 0 Å². The first-order valence-corrected chi connectivity index (χ1v) is 10.1. The number of thioether (sulfide) groups is 1. The Morgan fingerprint density at radius 3 is 2.46 bits per heavy atom. The SMILES string of the molecule is CCCCOCCCN1C(=O)C(SCC)=C(c2ccccc2OC)C1=O. The maximum Gasteiger partial charge on any atom is 0.267 e. The Kier molecular flexibility index (Phi) is 8.19. The van der Waals surface area contributed by atoms with Crippen molar-refractivity contribution in [3.8, 4) is 5.75 Å². The second-order valence-corrected chi connectivity index (χ2v) is 7.19. The molecule has 2 amide bonds. The lowest BCUT2D eigenvalue weighted by molar-refractivity contribution is -0.136. The molecule has 0 N–H and O–H groups in total. The zero-order valence-corrected chi connectivity index (χ0v) is 16.6. The molecule has 0 aliphatic carbocycles. The van der Waals surface area contributed by atoms with Crippen LogP contribution < -0.4 is 4.74 Å². The van der Waals surface area contributed by atoms with E-state index < -0.39 is 0 Å². The Bertz CT molecular complexity index is 672. The summed E-state index contributed by atoms with van der Waals surface area (Å²) in [5, 5.41) is 0. The standard InChI is InChI=1S/C20H27NO4S/c1-4-6-13-25-14-9-12-21-19(22)17(18(20(21)23)26-5-2)15-10-7-8-11-16(15)24-3/h7-8,10-11H,4-6,9,12-14H2,1-3H3. The van der Waals surface area contributed by atoms with Crippen molar-refractivity contribution in [3.63, 3.8) is 0 Å². The van der Waals surface area contributed by atoms with Crippen LogP contribution in [0.2, 0.25) is 0 Å². The van der Waals surface area contributed by atoms with Crippen molar-refractivity contribution in [1.29, 1.82) is 0 Å². The molecule has 0 bridgehead atoms. The fraction of sp³-hybridized carbons (Fsp3) is 0.500. The molecule has 1 heterocycles. The molecule has 0 fully saturated rings. The van der Waals surface area contributed by atoms with Gasteiger partial charge in [-0.15, -0.1) is 11.8 Å². The molecule has 0 unspecified atom stereocenters. The number of para-hydroxylation sites is 1. The number of rotatable bonds is 11. The van der Waals surface area contributed by atoms with Crippen LogP contribution in [0.3, 0.4) is 0 Å². The molecule has 1 aromatic rings. The molecule has 5 nitrogen and oxygen atoms in total. The van der Waals surface area contributed by atoms with Crippen LogP contribution in [-0.4, -0.2) is 49.3 Å². The fourth-order valence-corrected chi connectivity index (χ4v) is 3.66. The second kappa shape index (κ2) is 10.4. The minimum atomic E-state index is -0.246. The Morgan fingerprint density at radius 1 is 1.04 bits per heavy atom. The molecule has 142 valence electrons. The number of methoxy groups -OCH3 is 1. The van der Waals surface area contributed by atoms with Crippen molar-refractivity contribution in [2.45, 2.75) is 33.1 Å². The van der Waals surface area contributed by atoms with Crippen LogP contribution in [0.25, 0.3) is 5.57 Å². The van der Waals surface area contributed by atoms with E-state index in [0.717, 1.165) is 25.2 Å². The highest BCUT2D eigenvalue weighted by Crippen LogP contribution is 2.39. The summed E-state index contributed by atoms with van der Waals surface area (Å²) in [5.74, 6) is 0.865. The highest BCUT2D eigenvalue weighted by Gasteiger charge is 2.39. The fourth-order valence-electron chi connectivity index (χ4n) is 2.80. The van der Waals surface area contributed by atoms with E-state index in [-0.39, 0.29) is 11.8 Å². The minimum absolute atomic E-state index is 0.212. The third kappa shape index (κ3) is 4.68. The summed E-state index contributed by atoms with van der Waals surface area (Å²) in [6.07, 6.45) is 2.76. The number of benzene rings is 1. The van der Waals surface area contributed by atoms with Crippen molar-refractivity contribution >= 4 is 29.1 Å². The van der Waals surface area contributed by atoms with Gasteiger partial charge in [-0.25, -0.2) is 0 Å². The van der Waals surface area contributed by atoms with Gasteiger partial charge in [-0.1, -0.05) is 38.5 Å². The Labute approximate surface area is 159 Å². The van der Waals surface area contributed by atoms with Gasteiger partial charge in [0, 0.05) is 25.3 Å². The van der Waals surface area contributed by atoms with Crippen molar-refractivity contribution in [2.75, 3.05) is 32.6 Å². The molecule has 0 radical (unpaired) electrons. The lowest BCUT2D eigenvalue weighted by Gasteiger charge is -2.15. The largest absolute Gasteiger partial charge is 0.496 e. The van der Waals surface area contributed by atoms with Gasteiger partial charge in [0.15, 0.2) is 0 Å². The summed E-state index contributed by atoms with van der Waals surface area (Å²) in [6.45, 7) is 5.73. The van der Waals surface area contributed by atoms with Gasteiger partial charge < -0.3 is 9.47 Å². The number of carbonyl (C=O) groups excluding carboxylic acids is 2. The summed E-state index contributed by atoms with van der Waals surface area (Å²) < 4.78 is 10.9. The summed E-state index contributed by atoms with van der Waals surface area (Å²) in [6, 6.07) is 7.33. The van der Waals surface area contributed by atoms with Gasteiger partial charge in [-0.3, -0.25) is 14.5 Å². The van der Waals surface area contributed by atoms with Gasteiger partial charge >= 0.3 is 0 Å². The van der Waals surface area contributed by atoms with Gasteiger partial charge in [0.05, 0.1) is 17.6 Å². The maximum absolute atomic E-state index is 13.0. The number of amides is 2. The third-order valence-electron chi connectivity index (χ3n) is 4.10. The normalized spacial score (nSPS) is 14.5. The number of carbonyl (C=O) groups is 2. The van der Waals surface area contributed by atoms with E-state index >= 15 is 0 Å². The quantitative estimate of drug-likeness (QED) is 0.434. The van der Waals surface area contributed by atoms with Crippen LogP contribution in [0.1, 0.15) is 38.7 Å². The highest BCUT2D eigenvalue weighted by atomic mass is 32.2. The van der Waals surface area contributed by atoms with E-state index in [1.165, 1.54) is 16.7 Å². The summed E-state index contributed by atoms with van der Waals surface area (Å²) in [4.78, 5) is 27.6. The number of hydrogen-bond acceptors (Lipinski definition) is 5. The number of nitrogens with zero attached hydrogens (tertiary/aromatic N) is 1. The average Bonchev–Trinajstić information content (AvgIpc) is 2.88. The van der Waals surface area contributed by atoms with E-state index in [1.807, 2.05) is 25.1 Å². The number of ether oxygens (including phenoxy) is 2. The molecular weight excluding hydrogens is 350 g/mol. The van der Waals surface area contributed by atoms with Gasteiger partial charge in [0.1, 0.15) is 5.75 Å². The summed E-state index contributed by atoms with van der Waals surface area (Å²) in [5.41, 5.74) is 1.12. The highest BCUT2D eigenvalue weighted by molar-refractivity contribution is 8.04. The Balaban J connectivity index is 2.15. The van der Waals surface area contributed by atoms with E-state index in [1.54, 1.807) is 13.2 Å². The summed E-state index contributed by atoms with van der Waals surface area (Å²) in [7, 11) is 1.57. The summed E-state index contributed by atoms with van der Waals surface area (Å²) >= 11 is 1.41. The van der Waals surface area contributed by atoms with Crippen molar-refractivity contribution in [3.05, 3.63) is 34.7 Å².